The summed E-state index contributed by atoms with van der Waals surface area (Å²) in [7, 11) is 0. The Morgan fingerprint density at radius 2 is 2.50 bits per heavy atom. The van der Waals surface area contributed by atoms with Crippen molar-refractivity contribution in [1.82, 2.24) is 5.43 Å². The molecule has 0 aromatic heterocycles. The van der Waals surface area contributed by atoms with E-state index < -0.39 is 0 Å². The molecule has 0 amide bonds. The average Bonchev–Trinajstić information content (AvgIpc) is 2.67. The second kappa shape index (κ2) is 6.02. The minimum absolute atomic E-state index is 0.304. The lowest BCUT2D eigenvalue weighted by Crippen LogP contribution is -2.43. The second-order valence-corrected chi connectivity index (χ2v) is 3.79. The van der Waals surface area contributed by atoms with Crippen molar-refractivity contribution in [1.29, 1.82) is 0 Å². The van der Waals surface area contributed by atoms with Gasteiger partial charge < -0.3 is 4.74 Å². The van der Waals surface area contributed by atoms with E-state index >= 15 is 0 Å². The van der Waals surface area contributed by atoms with Crippen molar-refractivity contribution in [3.8, 4) is 12.3 Å². The molecule has 1 fully saturated rings. The molecule has 0 saturated carbocycles. The summed E-state index contributed by atoms with van der Waals surface area (Å²) < 4.78 is 5.63. The SMILES string of the molecule is C#CCCC(NN)C1CCOC1CC. The number of ether oxygens (including phenoxy) is 1. The van der Waals surface area contributed by atoms with E-state index in [-0.39, 0.29) is 0 Å². The van der Waals surface area contributed by atoms with Gasteiger partial charge in [-0.25, -0.2) is 0 Å². The normalized spacial score (nSPS) is 28.6. The van der Waals surface area contributed by atoms with Crippen LogP contribution in [0.5, 0.6) is 0 Å². The number of terminal acetylenes is 1. The summed E-state index contributed by atoms with van der Waals surface area (Å²) in [6.07, 6.45) is 9.47. The highest BCUT2D eigenvalue weighted by atomic mass is 16.5. The molecule has 1 saturated heterocycles. The third kappa shape index (κ3) is 2.71. The lowest BCUT2D eigenvalue weighted by atomic mass is 9.89. The smallest absolute Gasteiger partial charge is 0.0616 e. The quantitative estimate of drug-likeness (QED) is 0.392. The van der Waals surface area contributed by atoms with Crippen LogP contribution in [0.4, 0.5) is 0 Å². The summed E-state index contributed by atoms with van der Waals surface area (Å²) in [4.78, 5) is 0. The van der Waals surface area contributed by atoms with Crippen molar-refractivity contribution in [3.05, 3.63) is 0 Å². The van der Waals surface area contributed by atoms with Crippen molar-refractivity contribution in [2.45, 2.75) is 44.8 Å². The van der Waals surface area contributed by atoms with E-state index in [4.69, 9.17) is 17.0 Å². The molecule has 3 nitrogen and oxygen atoms in total. The zero-order valence-electron chi connectivity index (χ0n) is 8.83. The summed E-state index contributed by atoms with van der Waals surface area (Å²) in [5, 5.41) is 0. The van der Waals surface area contributed by atoms with Gasteiger partial charge in [-0.3, -0.25) is 11.3 Å². The van der Waals surface area contributed by atoms with Gasteiger partial charge >= 0.3 is 0 Å². The van der Waals surface area contributed by atoms with Crippen LogP contribution in [0.2, 0.25) is 0 Å². The minimum Gasteiger partial charge on any atom is -0.378 e. The molecule has 80 valence electrons. The van der Waals surface area contributed by atoms with Gasteiger partial charge in [0.15, 0.2) is 0 Å². The van der Waals surface area contributed by atoms with E-state index in [0.717, 1.165) is 32.3 Å². The Kier molecular flexibility index (Phi) is 4.95. The van der Waals surface area contributed by atoms with Crippen LogP contribution in [0.3, 0.4) is 0 Å². The third-order valence-electron chi connectivity index (χ3n) is 2.99. The zero-order chi connectivity index (χ0) is 10.4. The fraction of sp³-hybridized carbons (Fsp3) is 0.818. The van der Waals surface area contributed by atoms with Crippen LogP contribution in [-0.4, -0.2) is 18.8 Å². The summed E-state index contributed by atoms with van der Waals surface area (Å²) in [5.41, 5.74) is 2.87. The Labute approximate surface area is 86.4 Å². The summed E-state index contributed by atoms with van der Waals surface area (Å²) in [6.45, 7) is 3.01. The first kappa shape index (κ1) is 11.5. The largest absolute Gasteiger partial charge is 0.378 e. The number of nitrogens with one attached hydrogen (secondary N) is 1. The Morgan fingerprint density at radius 1 is 1.71 bits per heavy atom. The molecule has 0 aromatic carbocycles. The van der Waals surface area contributed by atoms with Crippen molar-refractivity contribution >= 4 is 0 Å². The number of hydrogen-bond acceptors (Lipinski definition) is 3. The Morgan fingerprint density at radius 3 is 3.07 bits per heavy atom. The summed E-state index contributed by atoms with van der Waals surface area (Å²) in [5.74, 6) is 8.71. The van der Waals surface area contributed by atoms with Crippen molar-refractivity contribution in [2.24, 2.45) is 11.8 Å². The highest BCUT2D eigenvalue weighted by Gasteiger charge is 2.32. The number of nitrogens with two attached hydrogens (primary N) is 1. The van der Waals surface area contributed by atoms with Gasteiger partial charge in [0.1, 0.15) is 0 Å². The van der Waals surface area contributed by atoms with Crippen LogP contribution in [0.15, 0.2) is 0 Å². The summed E-state index contributed by atoms with van der Waals surface area (Å²) >= 11 is 0. The van der Waals surface area contributed by atoms with Crippen LogP contribution in [0, 0.1) is 18.3 Å². The molecular weight excluding hydrogens is 176 g/mol. The lowest BCUT2D eigenvalue weighted by Gasteiger charge is -2.25. The monoisotopic (exact) mass is 196 g/mol. The van der Waals surface area contributed by atoms with E-state index in [9.17, 15) is 0 Å². The van der Waals surface area contributed by atoms with Gasteiger partial charge in [0.25, 0.3) is 0 Å². The lowest BCUT2D eigenvalue weighted by molar-refractivity contribution is 0.0766. The Balaban J connectivity index is 2.46. The number of hydrogen-bond donors (Lipinski definition) is 2. The molecule has 1 heterocycles. The number of hydrazine groups is 1. The Bertz CT molecular complexity index is 200. The van der Waals surface area contributed by atoms with Crippen molar-refractivity contribution < 1.29 is 4.74 Å². The van der Waals surface area contributed by atoms with E-state index in [0.29, 0.717) is 18.1 Å². The van der Waals surface area contributed by atoms with Gasteiger partial charge in [-0.1, -0.05) is 6.92 Å². The highest BCUT2D eigenvalue weighted by molar-refractivity contribution is 4.90. The topological polar surface area (TPSA) is 47.3 Å². The predicted octanol–water partition coefficient (Wildman–Crippen LogP) is 1.05. The van der Waals surface area contributed by atoms with Gasteiger partial charge in [0.2, 0.25) is 0 Å². The fourth-order valence-corrected chi connectivity index (χ4v) is 2.21. The van der Waals surface area contributed by atoms with Crippen LogP contribution in [0.25, 0.3) is 0 Å². The van der Waals surface area contributed by atoms with Crippen LogP contribution in [-0.2, 0) is 4.74 Å². The first-order valence-corrected chi connectivity index (χ1v) is 5.34. The van der Waals surface area contributed by atoms with E-state index in [1.54, 1.807) is 0 Å². The standard InChI is InChI=1S/C11H20N2O/c1-3-5-6-10(13-12)9-7-8-14-11(9)4-2/h1,9-11,13H,4-8,12H2,2H3. The molecule has 0 bridgehead atoms. The second-order valence-electron chi connectivity index (χ2n) is 3.79. The molecular formula is C11H20N2O. The maximum Gasteiger partial charge on any atom is 0.0616 e. The molecule has 3 atom stereocenters. The van der Waals surface area contributed by atoms with Gasteiger partial charge in [-0.05, 0) is 19.3 Å². The molecule has 1 aliphatic rings. The predicted molar refractivity (Wildman–Crippen MR) is 57.3 cm³/mol. The maximum absolute atomic E-state index is 5.63. The van der Waals surface area contributed by atoms with E-state index in [1.165, 1.54) is 0 Å². The van der Waals surface area contributed by atoms with Gasteiger partial charge in [-0.2, -0.15) is 0 Å². The average molecular weight is 196 g/mol. The molecule has 3 N–H and O–H groups in total. The first-order valence-electron chi connectivity index (χ1n) is 5.34. The number of rotatable bonds is 5. The molecule has 0 spiro atoms. The van der Waals surface area contributed by atoms with Crippen molar-refractivity contribution in [3.63, 3.8) is 0 Å². The molecule has 0 radical (unpaired) electrons. The molecule has 0 aromatic rings. The fourth-order valence-electron chi connectivity index (χ4n) is 2.21. The molecule has 1 rings (SSSR count). The minimum atomic E-state index is 0.304. The van der Waals surface area contributed by atoms with E-state index in [1.807, 2.05) is 0 Å². The van der Waals surface area contributed by atoms with Crippen LogP contribution < -0.4 is 11.3 Å². The highest BCUT2D eigenvalue weighted by Crippen LogP contribution is 2.27. The van der Waals surface area contributed by atoms with Gasteiger partial charge in [0, 0.05) is 25.0 Å². The zero-order valence-corrected chi connectivity index (χ0v) is 8.83. The molecule has 14 heavy (non-hydrogen) atoms. The maximum atomic E-state index is 5.63. The van der Waals surface area contributed by atoms with Crippen molar-refractivity contribution in [2.75, 3.05) is 6.61 Å². The van der Waals surface area contributed by atoms with E-state index in [2.05, 4.69) is 18.3 Å². The van der Waals surface area contributed by atoms with Crippen LogP contribution in [0.1, 0.15) is 32.6 Å². The third-order valence-corrected chi connectivity index (χ3v) is 2.99. The van der Waals surface area contributed by atoms with Gasteiger partial charge in [-0.15, -0.1) is 12.3 Å². The summed E-state index contributed by atoms with van der Waals surface area (Å²) in [6, 6.07) is 0.304. The molecule has 3 unspecified atom stereocenters. The first-order chi connectivity index (χ1) is 6.83. The van der Waals surface area contributed by atoms with Gasteiger partial charge in [0.05, 0.1) is 6.10 Å². The molecule has 1 aliphatic heterocycles. The molecule has 3 heteroatoms. The van der Waals surface area contributed by atoms with Crippen LogP contribution >= 0.6 is 0 Å². The molecule has 0 aliphatic carbocycles. The Hall–Kier alpha value is -0.560.